The quantitative estimate of drug-likeness (QED) is 0.186. The van der Waals surface area contributed by atoms with Gasteiger partial charge >= 0.3 is 0 Å². The maximum Gasteiger partial charge on any atom is 0.218 e. The summed E-state index contributed by atoms with van der Waals surface area (Å²) in [7, 11) is -7.76. The van der Waals surface area contributed by atoms with Crippen molar-refractivity contribution in [3.63, 3.8) is 0 Å². The van der Waals surface area contributed by atoms with E-state index in [4.69, 9.17) is 4.74 Å². The summed E-state index contributed by atoms with van der Waals surface area (Å²) in [5, 5.41) is 0. The van der Waals surface area contributed by atoms with Crippen molar-refractivity contribution in [3.8, 4) is 0 Å². The summed E-state index contributed by atoms with van der Waals surface area (Å²) in [5.41, 5.74) is 6.52. The predicted octanol–water partition coefficient (Wildman–Crippen LogP) is 11.3. The molecule has 0 aliphatic carbocycles. The van der Waals surface area contributed by atoms with Gasteiger partial charge in [0.1, 0.15) is 0 Å². The van der Waals surface area contributed by atoms with Crippen molar-refractivity contribution >= 4 is 30.1 Å². The Bertz CT molecular complexity index is 2190. The lowest BCUT2D eigenvalue weighted by Gasteiger charge is -2.35. The van der Waals surface area contributed by atoms with Gasteiger partial charge in [0, 0.05) is 56.9 Å². The minimum Gasteiger partial charge on any atom is -0.379 e. The molecule has 0 bridgehead atoms. The van der Waals surface area contributed by atoms with Crippen LogP contribution in [0.25, 0.3) is 0 Å². The highest BCUT2D eigenvalue weighted by atomic mass is 32.2. The third-order valence-electron chi connectivity index (χ3n) is 11.3. The highest BCUT2D eigenvalue weighted by Gasteiger charge is 2.30. The molecule has 3 aromatic carbocycles. The molecule has 398 valence electrons. The molecule has 3 aromatic rings. The van der Waals surface area contributed by atoms with Gasteiger partial charge in [0.25, 0.3) is 0 Å². The molecule has 0 atom stereocenters. The summed E-state index contributed by atoms with van der Waals surface area (Å²) in [6.45, 7) is 44.7. The number of hydrogen-bond acceptors (Lipinski definition) is 8. The zero-order valence-electron chi connectivity index (χ0n) is 47.3. The van der Waals surface area contributed by atoms with Crippen LogP contribution in [0, 0.1) is 6.92 Å². The molecule has 1 fully saturated rings. The van der Waals surface area contributed by atoms with E-state index in [1.54, 1.807) is 11.4 Å². The number of sulfonamides is 3. The molecule has 1 aliphatic rings. The van der Waals surface area contributed by atoms with E-state index >= 15 is 0 Å². The van der Waals surface area contributed by atoms with Crippen LogP contribution in [0.5, 0.6) is 0 Å². The number of aryl methyl sites for hydroxylation is 1. The van der Waals surface area contributed by atoms with Crippen LogP contribution in [-0.4, -0.2) is 126 Å². The van der Waals surface area contributed by atoms with Crippen LogP contribution in [0.4, 0.5) is 0 Å². The highest BCUT2D eigenvalue weighted by molar-refractivity contribution is 7.88. The zero-order valence-corrected chi connectivity index (χ0v) is 49.8. The Kier molecular flexibility index (Phi) is 26.9. The second kappa shape index (κ2) is 27.9. The topological polar surface area (TPSA) is 125 Å². The fourth-order valence-electron chi connectivity index (χ4n) is 6.99. The average molecular weight is 1020 g/mol. The molecule has 0 aromatic heterocycles. The summed E-state index contributed by atoms with van der Waals surface area (Å²) in [6, 6.07) is 27.0. The standard InChI is InChI=1S/C14H22.C11H24N2O3S.C11H17NO2S.C11H16.C8H19NO2S/c1-13(2,3)11-7-9-12(10-8-11)14(4,5)6;1-11(2,3)13(17(4,14)15)6-5-12-7-9-16-10-8-12;1-10(2)12(3)15(13,14)9-11-7-5-4-6-8-11;1-9-5-7-10(8-6-9)11(2,3)4;1-6-7-9(8(2,3)4)12(5,10)11/h7-10H,1-6H3;5-10H2,1-4H3;4-8,10H,9H2,1-3H3;5-8H,1-4H3;6-7H2,1-5H3. The molecule has 1 aliphatic heterocycles. The first-order chi connectivity index (χ1) is 31.0. The second-order valence-electron chi connectivity index (χ2n) is 23.5. The molecular weight excluding hydrogens is 925 g/mol. The first kappa shape index (κ1) is 66.3. The number of hydrogen-bond donors (Lipinski definition) is 0. The number of benzene rings is 3. The summed E-state index contributed by atoms with van der Waals surface area (Å²) < 4.78 is 79.6. The van der Waals surface area contributed by atoms with E-state index in [2.05, 4.69) is 123 Å². The Morgan fingerprint density at radius 2 is 0.913 bits per heavy atom. The van der Waals surface area contributed by atoms with Gasteiger partial charge in [-0.25, -0.2) is 29.6 Å². The van der Waals surface area contributed by atoms with Gasteiger partial charge in [-0.2, -0.15) is 8.61 Å². The molecule has 1 heterocycles. The predicted molar refractivity (Wildman–Crippen MR) is 296 cm³/mol. The molecule has 11 nitrogen and oxygen atoms in total. The van der Waals surface area contributed by atoms with E-state index in [0.29, 0.717) is 13.1 Å². The molecule has 69 heavy (non-hydrogen) atoms. The van der Waals surface area contributed by atoms with Gasteiger partial charge in [0.2, 0.25) is 30.1 Å². The van der Waals surface area contributed by atoms with E-state index in [0.717, 1.165) is 44.8 Å². The number of morpholine rings is 1. The largest absolute Gasteiger partial charge is 0.379 e. The fraction of sp³-hybridized carbons (Fsp3) is 0.673. The van der Waals surface area contributed by atoms with Crippen molar-refractivity contribution in [1.82, 2.24) is 17.8 Å². The Balaban J connectivity index is 0.000000844. The average Bonchev–Trinajstić information content (AvgIpc) is 3.18. The van der Waals surface area contributed by atoms with Gasteiger partial charge in [-0.15, -0.1) is 0 Å². The van der Waals surface area contributed by atoms with Crippen molar-refractivity contribution in [2.24, 2.45) is 0 Å². The third kappa shape index (κ3) is 27.1. The second-order valence-corrected chi connectivity index (χ2v) is 29.4. The summed E-state index contributed by atoms with van der Waals surface area (Å²) in [4.78, 5) is 2.24. The summed E-state index contributed by atoms with van der Waals surface area (Å²) in [5.74, 6) is 0.0719. The maximum absolute atomic E-state index is 11.9. The van der Waals surface area contributed by atoms with Gasteiger partial charge in [-0.3, -0.25) is 4.90 Å². The van der Waals surface area contributed by atoms with Crippen LogP contribution in [0.2, 0.25) is 0 Å². The molecular formula is C55H98N4O7S3. The Hall–Kier alpha value is -2.69. The van der Waals surface area contributed by atoms with Gasteiger partial charge < -0.3 is 4.74 Å². The van der Waals surface area contributed by atoms with Gasteiger partial charge in [0.05, 0.1) is 31.5 Å². The van der Waals surface area contributed by atoms with E-state index in [1.165, 1.54) is 43.4 Å². The lowest BCUT2D eigenvalue weighted by Crippen LogP contribution is -2.49. The van der Waals surface area contributed by atoms with Gasteiger partial charge in [0.15, 0.2) is 0 Å². The first-order valence-electron chi connectivity index (χ1n) is 24.5. The summed E-state index contributed by atoms with van der Waals surface area (Å²) >= 11 is 0. The third-order valence-corrected chi connectivity index (χ3v) is 16.4. The van der Waals surface area contributed by atoms with Crippen LogP contribution < -0.4 is 0 Å². The molecule has 14 heteroatoms. The Morgan fingerprint density at radius 1 is 0.565 bits per heavy atom. The maximum atomic E-state index is 11.9. The lowest BCUT2D eigenvalue weighted by molar-refractivity contribution is 0.0341. The molecule has 0 saturated carbocycles. The van der Waals surface area contributed by atoms with Crippen LogP contribution in [0.15, 0.2) is 78.9 Å². The van der Waals surface area contributed by atoms with Crippen LogP contribution in [0.3, 0.4) is 0 Å². The van der Waals surface area contributed by atoms with Crippen molar-refractivity contribution in [2.75, 3.05) is 65.5 Å². The monoisotopic (exact) mass is 1020 g/mol. The molecule has 0 unspecified atom stereocenters. The molecule has 0 N–H and O–H groups in total. The van der Waals surface area contributed by atoms with Crippen molar-refractivity contribution < 1.29 is 30.0 Å². The Labute approximate surface area is 425 Å². The van der Waals surface area contributed by atoms with Crippen LogP contribution in [-0.2, 0) is 56.8 Å². The van der Waals surface area contributed by atoms with E-state index in [1.807, 2.05) is 92.6 Å². The minimum atomic E-state index is -3.18. The smallest absolute Gasteiger partial charge is 0.218 e. The Morgan fingerprint density at radius 3 is 1.20 bits per heavy atom. The zero-order chi connectivity index (χ0) is 54.0. The SMILES string of the molecule is CC(C)(C)N(CCN1CCOCC1)S(C)(=O)=O.CC(C)(C)c1ccc(C(C)(C)C)cc1.CC(C)N(C)S(=O)(=O)Cc1ccccc1.CCCN(C(C)(C)C)S(C)(=O)=O.Cc1ccc(C(C)(C)C)cc1. The molecule has 4 rings (SSSR count). The first-order valence-corrected chi connectivity index (χ1v) is 29.8. The molecule has 1 saturated heterocycles. The summed E-state index contributed by atoms with van der Waals surface area (Å²) in [6.07, 6.45) is 3.38. The molecule has 0 radical (unpaired) electrons. The lowest BCUT2D eigenvalue weighted by atomic mass is 9.82. The van der Waals surface area contributed by atoms with E-state index in [-0.39, 0.29) is 39.1 Å². The van der Waals surface area contributed by atoms with Gasteiger partial charge in [-0.05, 0) is 107 Å². The van der Waals surface area contributed by atoms with Crippen molar-refractivity contribution in [2.45, 2.75) is 177 Å². The van der Waals surface area contributed by atoms with Crippen molar-refractivity contribution in [3.05, 3.63) is 107 Å². The molecule has 0 spiro atoms. The van der Waals surface area contributed by atoms with E-state index < -0.39 is 30.1 Å². The number of rotatable bonds is 11. The normalized spacial score (nSPS) is 14.5. The fourth-order valence-corrected chi connectivity index (χ4v) is 11.4. The van der Waals surface area contributed by atoms with E-state index in [9.17, 15) is 25.3 Å². The number of nitrogens with zero attached hydrogens (tertiary/aromatic N) is 4. The van der Waals surface area contributed by atoms with Gasteiger partial charge in [-0.1, -0.05) is 154 Å². The van der Waals surface area contributed by atoms with Crippen molar-refractivity contribution in [1.29, 1.82) is 0 Å². The minimum absolute atomic E-state index is 0.00119. The molecule has 0 amide bonds. The highest BCUT2D eigenvalue weighted by Crippen LogP contribution is 2.27. The number of ether oxygens (including phenoxy) is 1. The van der Waals surface area contributed by atoms with Crippen LogP contribution in [0.1, 0.15) is 159 Å². The van der Waals surface area contributed by atoms with Crippen LogP contribution >= 0.6 is 0 Å².